The third kappa shape index (κ3) is 2.39. The van der Waals surface area contributed by atoms with Crippen LogP contribution in [0.3, 0.4) is 0 Å². The van der Waals surface area contributed by atoms with Gasteiger partial charge in [0.2, 0.25) is 5.88 Å². The van der Waals surface area contributed by atoms with Gasteiger partial charge in [0.1, 0.15) is 17.5 Å². The highest BCUT2D eigenvalue weighted by Gasteiger charge is 2.24. The molecular formula is C14H16N6O2. The second-order valence-electron chi connectivity index (χ2n) is 5.84. The fourth-order valence-electron chi connectivity index (χ4n) is 2.07. The molecule has 8 heteroatoms. The number of fused-ring (bicyclic) bond motifs is 1. The normalized spacial score (nSPS) is 11.8. The van der Waals surface area contributed by atoms with Crippen LogP contribution in [0, 0.1) is 0 Å². The highest BCUT2D eigenvalue weighted by Crippen LogP contribution is 2.32. The lowest BCUT2D eigenvalue weighted by molar-refractivity contribution is 0.347. The number of anilines is 1. The molecule has 22 heavy (non-hydrogen) atoms. The van der Waals surface area contributed by atoms with E-state index in [1.54, 1.807) is 4.68 Å². The van der Waals surface area contributed by atoms with E-state index in [2.05, 4.69) is 20.1 Å². The van der Waals surface area contributed by atoms with Gasteiger partial charge in [-0.05, 0) is 20.8 Å². The molecule has 0 unspecified atom stereocenters. The Morgan fingerprint density at radius 3 is 2.77 bits per heavy atom. The Balaban J connectivity index is 2.19. The SMILES string of the molecule is CC(C)(C)n1nc(Oc2cc(=O)cc[nH]2)c2c(N)ncnc21. The van der Waals surface area contributed by atoms with Crippen molar-refractivity contribution in [2.75, 3.05) is 5.73 Å². The predicted molar refractivity (Wildman–Crippen MR) is 81.9 cm³/mol. The molecule has 0 fully saturated rings. The van der Waals surface area contributed by atoms with Crippen molar-refractivity contribution in [1.82, 2.24) is 24.7 Å². The van der Waals surface area contributed by atoms with Crippen molar-refractivity contribution < 1.29 is 4.74 Å². The fraction of sp³-hybridized carbons (Fsp3) is 0.286. The second kappa shape index (κ2) is 4.83. The molecule has 3 rings (SSSR count). The van der Waals surface area contributed by atoms with Crippen LogP contribution in [-0.4, -0.2) is 24.7 Å². The second-order valence-corrected chi connectivity index (χ2v) is 5.84. The standard InChI is InChI=1S/C14H16N6O2/c1-14(2,3)20-12-10(11(15)17-7-18-12)13(19-20)22-9-6-8(21)4-5-16-9/h4-7H,1-3H3,(H,16,21)(H2,15,17,18). The number of hydrogen-bond acceptors (Lipinski definition) is 6. The van der Waals surface area contributed by atoms with Crippen molar-refractivity contribution in [2.45, 2.75) is 26.3 Å². The molecule has 3 N–H and O–H groups in total. The highest BCUT2D eigenvalue weighted by molar-refractivity contribution is 5.90. The summed E-state index contributed by atoms with van der Waals surface area (Å²) in [5, 5.41) is 4.95. The van der Waals surface area contributed by atoms with Crippen LogP contribution in [0.25, 0.3) is 11.0 Å². The molecule has 0 aliphatic carbocycles. The summed E-state index contributed by atoms with van der Waals surface area (Å²) < 4.78 is 7.40. The number of H-pyrrole nitrogens is 1. The monoisotopic (exact) mass is 300 g/mol. The summed E-state index contributed by atoms with van der Waals surface area (Å²) in [5.41, 5.74) is 6.03. The number of nitrogens with one attached hydrogen (secondary N) is 1. The molecule has 0 amide bonds. The van der Waals surface area contributed by atoms with E-state index in [1.165, 1.54) is 24.7 Å². The lowest BCUT2D eigenvalue weighted by Gasteiger charge is -2.19. The third-order valence-corrected chi connectivity index (χ3v) is 3.05. The first-order valence-corrected chi connectivity index (χ1v) is 6.72. The van der Waals surface area contributed by atoms with Gasteiger partial charge in [0.15, 0.2) is 11.1 Å². The van der Waals surface area contributed by atoms with Gasteiger partial charge in [0, 0.05) is 18.3 Å². The van der Waals surface area contributed by atoms with E-state index in [0.29, 0.717) is 11.0 Å². The minimum absolute atomic E-state index is 0.169. The minimum atomic E-state index is -0.315. The average Bonchev–Trinajstić information content (AvgIpc) is 2.79. The van der Waals surface area contributed by atoms with Gasteiger partial charge in [0.05, 0.1) is 5.54 Å². The van der Waals surface area contributed by atoms with Gasteiger partial charge in [-0.2, -0.15) is 0 Å². The zero-order valence-corrected chi connectivity index (χ0v) is 12.5. The Morgan fingerprint density at radius 1 is 1.32 bits per heavy atom. The molecule has 0 bridgehead atoms. The van der Waals surface area contributed by atoms with Crippen LogP contribution in [0.4, 0.5) is 5.82 Å². The fourth-order valence-corrected chi connectivity index (χ4v) is 2.07. The quantitative estimate of drug-likeness (QED) is 0.744. The number of nitrogens with two attached hydrogens (primary N) is 1. The number of nitrogen functional groups attached to an aromatic ring is 1. The Hall–Kier alpha value is -2.90. The van der Waals surface area contributed by atoms with E-state index in [-0.39, 0.29) is 28.5 Å². The van der Waals surface area contributed by atoms with E-state index in [4.69, 9.17) is 10.5 Å². The smallest absolute Gasteiger partial charge is 0.253 e. The average molecular weight is 300 g/mol. The number of aromatic nitrogens is 5. The molecule has 3 heterocycles. The zero-order valence-electron chi connectivity index (χ0n) is 12.5. The van der Waals surface area contributed by atoms with Crippen molar-refractivity contribution >= 4 is 16.9 Å². The molecule has 3 aromatic rings. The van der Waals surface area contributed by atoms with Gasteiger partial charge in [0.25, 0.3) is 5.88 Å². The lowest BCUT2D eigenvalue weighted by Crippen LogP contribution is -2.23. The number of rotatable bonds is 2. The molecule has 3 aromatic heterocycles. The maximum Gasteiger partial charge on any atom is 0.253 e. The Bertz CT molecular complexity index is 890. The van der Waals surface area contributed by atoms with E-state index in [0.717, 1.165) is 0 Å². The summed E-state index contributed by atoms with van der Waals surface area (Å²) >= 11 is 0. The van der Waals surface area contributed by atoms with Gasteiger partial charge < -0.3 is 15.5 Å². The van der Waals surface area contributed by atoms with Gasteiger partial charge >= 0.3 is 0 Å². The number of hydrogen-bond donors (Lipinski definition) is 2. The topological polar surface area (TPSA) is 112 Å². The van der Waals surface area contributed by atoms with Crippen molar-refractivity contribution in [3.8, 4) is 11.8 Å². The summed E-state index contributed by atoms with van der Waals surface area (Å²) in [6.45, 7) is 5.98. The van der Waals surface area contributed by atoms with E-state index in [1.807, 2.05) is 20.8 Å². The molecule has 0 aliphatic heterocycles. The van der Waals surface area contributed by atoms with Gasteiger partial charge in [-0.15, -0.1) is 5.10 Å². The van der Waals surface area contributed by atoms with Gasteiger partial charge in [-0.25, -0.2) is 14.6 Å². The highest BCUT2D eigenvalue weighted by atomic mass is 16.5. The Labute approximate surface area is 126 Å². The van der Waals surface area contributed by atoms with E-state index >= 15 is 0 Å². The first-order valence-electron chi connectivity index (χ1n) is 6.72. The zero-order chi connectivity index (χ0) is 15.9. The van der Waals surface area contributed by atoms with Crippen molar-refractivity contribution in [3.63, 3.8) is 0 Å². The number of ether oxygens (including phenoxy) is 1. The van der Waals surface area contributed by atoms with E-state index < -0.39 is 0 Å². The van der Waals surface area contributed by atoms with E-state index in [9.17, 15) is 4.79 Å². The summed E-state index contributed by atoms with van der Waals surface area (Å²) in [4.78, 5) is 22.5. The lowest BCUT2D eigenvalue weighted by atomic mass is 10.1. The van der Waals surface area contributed by atoms with Crippen LogP contribution in [-0.2, 0) is 5.54 Å². The predicted octanol–water partition coefficient (Wildman–Crippen LogP) is 1.64. The molecule has 0 radical (unpaired) electrons. The molecule has 0 aliphatic rings. The summed E-state index contributed by atoms with van der Waals surface area (Å²) in [7, 11) is 0. The molecule has 0 atom stereocenters. The van der Waals surface area contributed by atoms with Crippen LogP contribution in [0.1, 0.15) is 20.8 Å². The molecule has 0 saturated carbocycles. The maximum atomic E-state index is 11.4. The summed E-state index contributed by atoms with van der Waals surface area (Å²) in [6, 6.07) is 2.73. The van der Waals surface area contributed by atoms with Crippen LogP contribution < -0.4 is 15.9 Å². The van der Waals surface area contributed by atoms with Crippen LogP contribution in [0.15, 0.2) is 29.5 Å². The van der Waals surface area contributed by atoms with Crippen molar-refractivity contribution in [2.24, 2.45) is 0 Å². The molecule has 0 spiro atoms. The first-order chi connectivity index (χ1) is 10.4. The third-order valence-electron chi connectivity index (χ3n) is 3.05. The maximum absolute atomic E-state index is 11.4. The Morgan fingerprint density at radius 2 is 2.09 bits per heavy atom. The molecule has 0 saturated heterocycles. The summed E-state index contributed by atoms with van der Waals surface area (Å²) in [6.07, 6.45) is 2.89. The molecule has 8 nitrogen and oxygen atoms in total. The molecule has 0 aromatic carbocycles. The van der Waals surface area contributed by atoms with Gasteiger partial charge in [-0.1, -0.05) is 0 Å². The Kier molecular flexibility index (Phi) is 3.09. The number of pyridine rings is 1. The van der Waals surface area contributed by atoms with Crippen LogP contribution in [0.2, 0.25) is 0 Å². The first kappa shape index (κ1) is 14.1. The molecular weight excluding hydrogens is 284 g/mol. The van der Waals surface area contributed by atoms with Crippen molar-refractivity contribution in [1.29, 1.82) is 0 Å². The van der Waals surface area contributed by atoms with Crippen molar-refractivity contribution in [3.05, 3.63) is 34.9 Å². The van der Waals surface area contributed by atoms with Crippen LogP contribution in [0.5, 0.6) is 11.8 Å². The van der Waals surface area contributed by atoms with Crippen LogP contribution >= 0.6 is 0 Å². The number of nitrogens with zero attached hydrogens (tertiary/aromatic N) is 4. The minimum Gasteiger partial charge on any atom is -0.420 e. The summed E-state index contributed by atoms with van der Waals surface area (Å²) in [5.74, 6) is 0.801. The largest absolute Gasteiger partial charge is 0.420 e. The number of aromatic amines is 1. The van der Waals surface area contributed by atoms with Gasteiger partial charge in [-0.3, -0.25) is 4.79 Å². The molecule has 114 valence electrons.